The first-order chi connectivity index (χ1) is 6.96. The van der Waals surface area contributed by atoms with Gasteiger partial charge in [0.2, 0.25) is 0 Å². The fourth-order valence-electron chi connectivity index (χ4n) is 0.995. The third-order valence-electron chi connectivity index (χ3n) is 2.61. The monoisotopic (exact) mass is 228 g/mol. The van der Waals surface area contributed by atoms with E-state index in [9.17, 15) is 0 Å². The third kappa shape index (κ3) is 5.43. The van der Waals surface area contributed by atoms with Gasteiger partial charge in [-0.1, -0.05) is 27.2 Å². The lowest BCUT2D eigenvalue weighted by Crippen LogP contribution is -2.46. The van der Waals surface area contributed by atoms with Gasteiger partial charge in [-0.05, 0) is 24.1 Å². The molecule has 0 amide bonds. The highest BCUT2D eigenvalue weighted by molar-refractivity contribution is 7.80. The van der Waals surface area contributed by atoms with Crippen molar-refractivity contribution in [2.24, 2.45) is 5.41 Å². The molecule has 0 saturated heterocycles. The van der Waals surface area contributed by atoms with E-state index in [1.807, 2.05) is 6.19 Å². The maximum absolute atomic E-state index is 8.58. The Morgan fingerprint density at radius 2 is 2.13 bits per heavy atom. The fourth-order valence-corrected chi connectivity index (χ4v) is 1.13. The Morgan fingerprint density at radius 1 is 1.53 bits per heavy atom. The van der Waals surface area contributed by atoms with Gasteiger partial charge in [-0.2, -0.15) is 5.26 Å². The summed E-state index contributed by atoms with van der Waals surface area (Å²) in [7, 11) is 1.75. The van der Waals surface area contributed by atoms with Crippen molar-refractivity contribution < 1.29 is 0 Å². The Labute approximate surface area is 97.6 Å². The number of rotatable bonds is 5. The van der Waals surface area contributed by atoms with Crippen LogP contribution in [0.25, 0.3) is 0 Å². The molecule has 0 rings (SSSR count). The minimum absolute atomic E-state index is 0.277. The summed E-state index contributed by atoms with van der Waals surface area (Å²) in [5.41, 5.74) is 2.84. The van der Waals surface area contributed by atoms with Crippen molar-refractivity contribution in [2.45, 2.75) is 33.6 Å². The number of nitrogens with one attached hydrogen (secondary N) is 2. The molecule has 0 heterocycles. The number of nitrogens with zero attached hydrogens (tertiary/aromatic N) is 2. The summed E-state index contributed by atoms with van der Waals surface area (Å²) in [6.45, 7) is 7.31. The van der Waals surface area contributed by atoms with Crippen LogP contribution in [0.5, 0.6) is 0 Å². The maximum Gasteiger partial charge on any atom is 0.197 e. The second-order valence-corrected chi connectivity index (χ2v) is 4.58. The number of thiocarbonyl (C=S) groups is 1. The molecular formula is C10H20N4S. The molecule has 15 heavy (non-hydrogen) atoms. The van der Waals surface area contributed by atoms with Gasteiger partial charge >= 0.3 is 0 Å². The zero-order valence-corrected chi connectivity index (χ0v) is 10.7. The molecule has 0 aromatic carbocycles. The van der Waals surface area contributed by atoms with Crippen LogP contribution in [0.1, 0.15) is 33.6 Å². The number of hydrazine groups is 1. The molecule has 0 bridgehead atoms. The Morgan fingerprint density at radius 3 is 2.53 bits per heavy atom. The smallest absolute Gasteiger partial charge is 0.197 e. The van der Waals surface area contributed by atoms with Gasteiger partial charge in [0.05, 0.1) is 0 Å². The Hall–Kier alpha value is -1.02. The zero-order valence-electron chi connectivity index (χ0n) is 9.92. The van der Waals surface area contributed by atoms with E-state index in [-0.39, 0.29) is 5.41 Å². The largest absolute Gasteiger partial charge is 0.364 e. The maximum atomic E-state index is 8.58. The van der Waals surface area contributed by atoms with E-state index < -0.39 is 0 Å². The first kappa shape index (κ1) is 14.0. The summed E-state index contributed by atoms with van der Waals surface area (Å²) in [6, 6.07) is 0. The molecule has 0 aliphatic heterocycles. The lowest BCUT2D eigenvalue weighted by molar-refractivity contribution is 0.254. The van der Waals surface area contributed by atoms with Crippen LogP contribution in [0, 0.1) is 16.9 Å². The topological polar surface area (TPSA) is 51.1 Å². The van der Waals surface area contributed by atoms with Gasteiger partial charge in [-0.15, -0.1) is 0 Å². The molecule has 2 N–H and O–H groups in total. The van der Waals surface area contributed by atoms with E-state index in [4.69, 9.17) is 17.5 Å². The standard InChI is InChI=1S/C10H20N4S/c1-5-10(2,3)6-7-14(13-8-11)9(15)12-4/h13H,5-7H2,1-4H3,(H,12,15). The molecule has 0 aromatic rings. The van der Waals surface area contributed by atoms with Gasteiger partial charge in [0.15, 0.2) is 11.3 Å². The van der Waals surface area contributed by atoms with Crippen molar-refractivity contribution in [1.82, 2.24) is 15.8 Å². The predicted molar refractivity (Wildman–Crippen MR) is 65.8 cm³/mol. The van der Waals surface area contributed by atoms with E-state index in [2.05, 4.69) is 31.5 Å². The molecule has 86 valence electrons. The van der Waals surface area contributed by atoms with Gasteiger partial charge < -0.3 is 5.32 Å². The summed E-state index contributed by atoms with van der Waals surface area (Å²) >= 11 is 5.07. The predicted octanol–water partition coefficient (Wildman–Crippen LogP) is 1.60. The molecule has 0 aromatic heterocycles. The van der Waals surface area contributed by atoms with Crippen LogP contribution in [-0.2, 0) is 0 Å². The molecule has 0 radical (unpaired) electrons. The molecule has 0 aliphatic carbocycles. The quantitative estimate of drug-likeness (QED) is 0.324. The minimum atomic E-state index is 0.277. The SMILES string of the molecule is CCC(C)(C)CCN(NC#N)C(=S)NC. The third-order valence-corrected chi connectivity index (χ3v) is 3.04. The van der Waals surface area contributed by atoms with E-state index >= 15 is 0 Å². The average Bonchev–Trinajstić information content (AvgIpc) is 2.23. The van der Waals surface area contributed by atoms with Crippen LogP contribution in [0.3, 0.4) is 0 Å². The fraction of sp³-hybridized carbons (Fsp3) is 0.800. The lowest BCUT2D eigenvalue weighted by Gasteiger charge is -2.28. The average molecular weight is 228 g/mol. The molecule has 0 unspecified atom stereocenters. The number of hydrogen-bond acceptors (Lipinski definition) is 3. The molecule has 0 aliphatic rings. The van der Waals surface area contributed by atoms with Crippen LogP contribution < -0.4 is 10.7 Å². The molecule has 0 atom stereocenters. The van der Waals surface area contributed by atoms with Crippen LogP contribution in [0.4, 0.5) is 0 Å². The normalized spacial score (nSPS) is 10.3. The van der Waals surface area contributed by atoms with E-state index in [0.29, 0.717) is 5.11 Å². The van der Waals surface area contributed by atoms with Gasteiger partial charge in [-0.3, -0.25) is 5.01 Å². The molecule has 4 nitrogen and oxygen atoms in total. The minimum Gasteiger partial charge on any atom is -0.364 e. The van der Waals surface area contributed by atoms with Crippen molar-refractivity contribution >= 4 is 17.3 Å². The highest BCUT2D eigenvalue weighted by Crippen LogP contribution is 2.24. The highest BCUT2D eigenvalue weighted by Gasteiger charge is 2.17. The van der Waals surface area contributed by atoms with Crippen LogP contribution in [0.2, 0.25) is 0 Å². The Kier molecular flexibility index (Phi) is 6.02. The van der Waals surface area contributed by atoms with Crippen molar-refractivity contribution in [3.63, 3.8) is 0 Å². The molecule has 0 saturated carbocycles. The molecule has 0 spiro atoms. The van der Waals surface area contributed by atoms with Gasteiger partial charge in [0.25, 0.3) is 0 Å². The highest BCUT2D eigenvalue weighted by atomic mass is 32.1. The Balaban J connectivity index is 4.20. The second-order valence-electron chi connectivity index (χ2n) is 4.20. The van der Waals surface area contributed by atoms with Crippen LogP contribution in [-0.4, -0.2) is 23.7 Å². The van der Waals surface area contributed by atoms with Crippen LogP contribution in [0.15, 0.2) is 0 Å². The van der Waals surface area contributed by atoms with Gasteiger partial charge in [0, 0.05) is 13.6 Å². The molecule has 0 fully saturated rings. The Bertz CT molecular complexity index is 244. The summed E-state index contributed by atoms with van der Waals surface area (Å²) in [5, 5.41) is 13.6. The summed E-state index contributed by atoms with van der Waals surface area (Å²) in [4.78, 5) is 0. The van der Waals surface area contributed by atoms with E-state index in [1.165, 1.54) is 0 Å². The van der Waals surface area contributed by atoms with Crippen molar-refractivity contribution in [3.05, 3.63) is 0 Å². The lowest BCUT2D eigenvalue weighted by atomic mass is 9.86. The van der Waals surface area contributed by atoms with Crippen molar-refractivity contribution in [3.8, 4) is 6.19 Å². The second kappa shape index (κ2) is 6.46. The first-order valence-corrected chi connectivity index (χ1v) is 5.51. The van der Waals surface area contributed by atoms with Gasteiger partial charge in [0.1, 0.15) is 0 Å². The van der Waals surface area contributed by atoms with E-state index in [1.54, 1.807) is 12.1 Å². The van der Waals surface area contributed by atoms with E-state index in [0.717, 1.165) is 19.4 Å². The summed E-state index contributed by atoms with van der Waals surface area (Å²) < 4.78 is 0. The summed E-state index contributed by atoms with van der Waals surface area (Å²) in [6.07, 6.45) is 3.98. The van der Waals surface area contributed by atoms with Gasteiger partial charge in [-0.25, -0.2) is 5.43 Å². The molecular weight excluding hydrogens is 208 g/mol. The summed E-state index contributed by atoms with van der Waals surface area (Å²) in [5.74, 6) is 0. The molecule has 5 heteroatoms. The first-order valence-electron chi connectivity index (χ1n) is 5.11. The number of nitriles is 1. The van der Waals surface area contributed by atoms with Crippen molar-refractivity contribution in [2.75, 3.05) is 13.6 Å². The number of hydrogen-bond donors (Lipinski definition) is 2. The van der Waals surface area contributed by atoms with Crippen molar-refractivity contribution in [1.29, 1.82) is 5.26 Å². The van der Waals surface area contributed by atoms with Crippen LogP contribution >= 0.6 is 12.2 Å². The zero-order chi connectivity index (χ0) is 11.9.